The predicted molar refractivity (Wildman–Crippen MR) is 67.8 cm³/mol. The van der Waals surface area contributed by atoms with E-state index >= 15 is 0 Å². The molecule has 0 fully saturated rings. The maximum atomic E-state index is 10.7. The maximum absolute atomic E-state index is 10.7. The van der Waals surface area contributed by atoms with Crippen molar-refractivity contribution in [2.45, 2.75) is 0 Å². The Morgan fingerprint density at radius 2 is 2.17 bits per heavy atom. The van der Waals surface area contributed by atoms with Crippen molar-refractivity contribution < 1.29 is 31.5 Å². The van der Waals surface area contributed by atoms with Gasteiger partial charge in [-0.3, -0.25) is 0 Å². The molecule has 18 heavy (non-hydrogen) atoms. The standard InChI is InChI=1S/C10H11N3O3S.Ni/c1-17-10(11)13-12-5-6-3-2-4-7(8(6)14)9(15)16;/h2-5,14H,1H3,(H2,11,13)(H,15,16);. The van der Waals surface area contributed by atoms with Crippen molar-refractivity contribution in [1.82, 2.24) is 0 Å². The van der Waals surface area contributed by atoms with Gasteiger partial charge in [0.15, 0.2) is 5.17 Å². The Labute approximate surface area is 118 Å². The molecule has 0 unspecified atom stereocenters. The van der Waals surface area contributed by atoms with Crippen molar-refractivity contribution in [1.29, 1.82) is 0 Å². The average molecular weight is 312 g/mol. The molecule has 0 aliphatic heterocycles. The zero-order chi connectivity index (χ0) is 12.8. The summed E-state index contributed by atoms with van der Waals surface area (Å²) < 4.78 is 0. The number of hydrogen-bond donors (Lipinski definition) is 3. The van der Waals surface area contributed by atoms with Gasteiger partial charge in [0.25, 0.3) is 0 Å². The summed E-state index contributed by atoms with van der Waals surface area (Å²) in [4.78, 5) is 10.7. The third-order valence-electron chi connectivity index (χ3n) is 1.86. The van der Waals surface area contributed by atoms with Gasteiger partial charge in [-0.05, 0) is 18.4 Å². The summed E-state index contributed by atoms with van der Waals surface area (Å²) in [6.45, 7) is 0. The number of para-hydroxylation sites is 1. The minimum Gasteiger partial charge on any atom is -0.506 e. The summed E-state index contributed by atoms with van der Waals surface area (Å²) in [6.07, 6.45) is 2.99. The van der Waals surface area contributed by atoms with Gasteiger partial charge in [0.2, 0.25) is 0 Å². The van der Waals surface area contributed by atoms with Crippen molar-refractivity contribution in [2.24, 2.45) is 15.9 Å². The second-order valence-corrected chi connectivity index (χ2v) is 3.76. The van der Waals surface area contributed by atoms with Crippen LogP contribution in [0.25, 0.3) is 0 Å². The number of carboxylic acid groups (broad SMARTS) is 1. The van der Waals surface area contributed by atoms with E-state index in [1.54, 1.807) is 6.26 Å². The topological polar surface area (TPSA) is 108 Å². The van der Waals surface area contributed by atoms with Gasteiger partial charge in [0.1, 0.15) is 11.3 Å². The van der Waals surface area contributed by atoms with Crippen LogP contribution in [0, 0.1) is 0 Å². The van der Waals surface area contributed by atoms with E-state index in [2.05, 4.69) is 10.2 Å². The molecule has 1 rings (SSSR count). The molecule has 6 nitrogen and oxygen atoms in total. The van der Waals surface area contributed by atoms with Crippen LogP contribution in [-0.4, -0.2) is 33.8 Å². The van der Waals surface area contributed by atoms with Crippen LogP contribution in [0.1, 0.15) is 15.9 Å². The van der Waals surface area contributed by atoms with Gasteiger partial charge in [0.05, 0.1) is 6.21 Å². The van der Waals surface area contributed by atoms with Crippen LogP contribution in [0.15, 0.2) is 28.4 Å². The Kier molecular flexibility index (Phi) is 7.08. The first-order chi connectivity index (χ1) is 8.06. The van der Waals surface area contributed by atoms with Gasteiger partial charge in [-0.2, -0.15) is 5.10 Å². The summed E-state index contributed by atoms with van der Waals surface area (Å²) >= 11 is 1.23. The minimum absolute atomic E-state index is 0. The van der Waals surface area contributed by atoms with Gasteiger partial charge in [-0.25, -0.2) is 4.79 Å². The van der Waals surface area contributed by atoms with Crippen molar-refractivity contribution in [3.8, 4) is 5.75 Å². The number of carboxylic acids is 1. The van der Waals surface area contributed by atoms with Crippen LogP contribution in [0.2, 0.25) is 0 Å². The van der Waals surface area contributed by atoms with Crippen molar-refractivity contribution in [3.05, 3.63) is 29.3 Å². The van der Waals surface area contributed by atoms with Gasteiger partial charge >= 0.3 is 5.97 Å². The quantitative estimate of drug-likeness (QED) is 0.335. The summed E-state index contributed by atoms with van der Waals surface area (Å²) in [5.74, 6) is -1.55. The SMILES string of the molecule is CSC(N)=NN=Cc1cccc(C(=O)O)c1O.[Ni]. The summed E-state index contributed by atoms with van der Waals surface area (Å²) in [5.41, 5.74) is 5.48. The largest absolute Gasteiger partial charge is 0.506 e. The van der Waals surface area contributed by atoms with E-state index < -0.39 is 5.97 Å². The normalized spacial score (nSPS) is 11.3. The number of carbonyl (C=O) groups is 1. The molecule has 4 N–H and O–H groups in total. The Balaban J connectivity index is 0.00000289. The average Bonchev–Trinajstić information content (AvgIpc) is 2.30. The molecule has 0 aliphatic rings. The molecule has 0 amide bonds. The van der Waals surface area contributed by atoms with Crippen molar-refractivity contribution in [3.63, 3.8) is 0 Å². The first-order valence-electron chi connectivity index (χ1n) is 4.52. The van der Waals surface area contributed by atoms with Gasteiger partial charge in [-0.15, -0.1) is 5.10 Å². The van der Waals surface area contributed by atoms with Crippen LogP contribution >= 0.6 is 11.8 Å². The molecule has 0 aliphatic carbocycles. The summed E-state index contributed by atoms with van der Waals surface area (Å²) in [5, 5.41) is 25.9. The molecule has 0 bridgehead atoms. The molecular weight excluding hydrogens is 301 g/mol. The Hall–Kier alpha value is -1.53. The van der Waals surface area contributed by atoms with Crippen LogP contribution in [0.5, 0.6) is 5.75 Å². The molecule has 0 spiro atoms. The number of hydrogen-bond acceptors (Lipinski definition) is 5. The van der Waals surface area contributed by atoms with Crippen molar-refractivity contribution >= 4 is 29.1 Å². The van der Waals surface area contributed by atoms with E-state index in [1.165, 1.54) is 36.2 Å². The minimum atomic E-state index is -1.20. The number of amidine groups is 1. The first kappa shape index (κ1) is 16.5. The van der Waals surface area contributed by atoms with E-state index in [9.17, 15) is 9.90 Å². The number of nitrogens with zero attached hydrogens (tertiary/aromatic N) is 2. The van der Waals surface area contributed by atoms with E-state index in [0.717, 1.165) is 0 Å². The fourth-order valence-corrected chi connectivity index (χ4v) is 1.16. The Bertz CT molecular complexity index is 491. The molecule has 1 aromatic carbocycles. The Morgan fingerprint density at radius 1 is 1.50 bits per heavy atom. The van der Waals surface area contributed by atoms with Crippen LogP contribution in [-0.2, 0) is 16.5 Å². The third kappa shape index (κ3) is 4.39. The fraction of sp³-hybridized carbons (Fsp3) is 0.100. The number of benzene rings is 1. The fourth-order valence-electron chi connectivity index (χ4n) is 1.03. The summed E-state index contributed by atoms with van der Waals surface area (Å²) in [7, 11) is 0. The zero-order valence-electron chi connectivity index (χ0n) is 9.31. The van der Waals surface area contributed by atoms with Crippen LogP contribution in [0.3, 0.4) is 0 Å². The predicted octanol–water partition coefficient (Wildman–Crippen LogP) is 1.10. The molecule has 8 heteroatoms. The van der Waals surface area contributed by atoms with Crippen LogP contribution < -0.4 is 5.73 Å². The molecule has 0 saturated heterocycles. The smallest absolute Gasteiger partial charge is 0.339 e. The number of aromatic carboxylic acids is 1. The number of nitrogens with two attached hydrogens (primary N) is 1. The van der Waals surface area contributed by atoms with Gasteiger partial charge in [0, 0.05) is 22.1 Å². The first-order valence-corrected chi connectivity index (χ1v) is 5.74. The van der Waals surface area contributed by atoms with E-state index in [-0.39, 0.29) is 38.5 Å². The molecule has 0 saturated carbocycles. The molecule has 0 heterocycles. The van der Waals surface area contributed by atoms with Crippen molar-refractivity contribution in [2.75, 3.05) is 6.26 Å². The molecule has 0 aromatic heterocycles. The molecular formula is C10H11N3NiO3S. The second-order valence-electron chi connectivity index (χ2n) is 2.94. The van der Waals surface area contributed by atoms with E-state index in [0.29, 0.717) is 0 Å². The van der Waals surface area contributed by atoms with Crippen LogP contribution in [0.4, 0.5) is 0 Å². The molecule has 0 radical (unpaired) electrons. The van der Waals surface area contributed by atoms with E-state index in [4.69, 9.17) is 10.8 Å². The van der Waals surface area contributed by atoms with Gasteiger partial charge < -0.3 is 15.9 Å². The third-order valence-corrected chi connectivity index (χ3v) is 2.36. The zero-order valence-corrected chi connectivity index (χ0v) is 11.1. The van der Waals surface area contributed by atoms with Gasteiger partial charge in [-0.1, -0.05) is 17.8 Å². The molecule has 1 aromatic rings. The number of aromatic hydroxyl groups is 1. The number of phenols is 1. The van der Waals surface area contributed by atoms with E-state index in [1.807, 2.05) is 0 Å². The molecule has 0 atom stereocenters. The Morgan fingerprint density at radius 3 is 2.72 bits per heavy atom. The monoisotopic (exact) mass is 311 g/mol. The number of rotatable bonds is 3. The summed E-state index contributed by atoms with van der Waals surface area (Å²) in [6, 6.07) is 4.33. The number of thioether (sulfide) groups is 1. The second kappa shape index (κ2) is 7.73. The maximum Gasteiger partial charge on any atom is 0.339 e. The molecule has 100 valence electrons.